The third-order valence-electron chi connectivity index (χ3n) is 7.22. The van der Waals surface area contributed by atoms with Gasteiger partial charge in [-0.05, 0) is 66.9 Å². The van der Waals surface area contributed by atoms with Gasteiger partial charge in [0.1, 0.15) is 17.3 Å². The summed E-state index contributed by atoms with van der Waals surface area (Å²) >= 11 is 0. The summed E-state index contributed by atoms with van der Waals surface area (Å²) in [4.78, 5) is 28.8. The summed E-state index contributed by atoms with van der Waals surface area (Å²) in [5, 5.41) is 12.6. The number of aliphatic hydroxyl groups is 1. The zero-order valence-corrected chi connectivity index (χ0v) is 22.8. The number of benzene rings is 3. The minimum absolute atomic E-state index is 0.0473. The van der Waals surface area contributed by atoms with Crippen LogP contribution < -0.4 is 14.4 Å². The minimum atomic E-state index is -0.835. The molecule has 7 nitrogen and oxygen atoms in total. The van der Waals surface area contributed by atoms with Gasteiger partial charge in [0, 0.05) is 41.0 Å². The van der Waals surface area contributed by atoms with Gasteiger partial charge in [0.15, 0.2) is 0 Å². The molecule has 1 aliphatic heterocycles. The molecule has 1 aliphatic rings. The van der Waals surface area contributed by atoms with Crippen molar-refractivity contribution in [1.29, 1.82) is 0 Å². The number of rotatable bonds is 7. The van der Waals surface area contributed by atoms with Gasteiger partial charge in [-0.1, -0.05) is 32.0 Å². The van der Waals surface area contributed by atoms with E-state index in [0.717, 1.165) is 27.8 Å². The predicted molar refractivity (Wildman–Crippen MR) is 152 cm³/mol. The number of nitrogens with zero attached hydrogens (tertiary/aromatic N) is 2. The molecule has 1 N–H and O–H groups in total. The number of fused-ring (bicyclic) bond motifs is 1. The second-order valence-electron chi connectivity index (χ2n) is 9.92. The lowest BCUT2D eigenvalue weighted by molar-refractivity contribution is -0.132. The van der Waals surface area contributed by atoms with E-state index in [1.165, 1.54) is 4.90 Å². The molecule has 1 amide bonds. The van der Waals surface area contributed by atoms with Crippen LogP contribution in [0.4, 0.5) is 5.69 Å². The van der Waals surface area contributed by atoms with Crippen molar-refractivity contribution in [1.82, 2.24) is 4.57 Å². The van der Waals surface area contributed by atoms with Crippen LogP contribution in [0.5, 0.6) is 11.5 Å². The maximum Gasteiger partial charge on any atom is 0.300 e. The summed E-state index contributed by atoms with van der Waals surface area (Å²) in [7, 11) is 3.49. The molecule has 200 valence electrons. The van der Waals surface area contributed by atoms with Gasteiger partial charge < -0.3 is 19.1 Å². The van der Waals surface area contributed by atoms with Crippen molar-refractivity contribution in [3.8, 4) is 11.5 Å². The Morgan fingerprint density at radius 3 is 2.41 bits per heavy atom. The van der Waals surface area contributed by atoms with Crippen LogP contribution in [-0.4, -0.2) is 35.1 Å². The number of carbonyl (C=O) groups excluding carboxylic acids is 2. The van der Waals surface area contributed by atoms with Crippen LogP contribution in [-0.2, 0) is 16.6 Å². The summed E-state index contributed by atoms with van der Waals surface area (Å²) in [6.07, 6.45) is 1.92. The number of aliphatic hydroxyl groups excluding tert-OH is 1. The Morgan fingerprint density at radius 2 is 1.74 bits per heavy atom. The van der Waals surface area contributed by atoms with E-state index in [1.807, 2.05) is 68.9 Å². The van der Waals surface area contributed by atoms with E-state index in [9.17, 15) is 14.7 Å². The quantitative estimate of drug-likeness (QED) is 0.173. The lowest BCUT2D eigenvalue weighted by Gasteiger charge is -2.25. The summed E-state index contributed by atoms with van der Waals surface area (Å²) in [5.74, 6) is -0.168. The first-order valence-electron chi connectivity index (χ1n) is 13.0. The Labute approximate surface area is 227 Å². The number of amides is 1. The van der Waals surface area contributed by atoms with Crippen LogP contribution in [0.3, 0.4) is 0 Å². The topological polar surface area (TPSA) is 81.0 Å². The molecule has 1 fully saturated rings. The van der Waals surface area contributed by atoms with Gasteiger partial charge >= 0.3 is 0 Å². The van der Waals surface area contributed by atoms with E-state index in [2.05, 4.69) is 0 Å². The fourth-order valence-corrected chi connectivity index (χ4v) is 5.32. The molecule has 0 spiro atoms. The number of carbonyl (C=O) groups is 2. The van der Waals surface area contributed by atoms with Crippen LogP contribution in [0, 0.1) is 0 Å². The maximum absolute atomic E-state index is 13.7. The molecule has 39 heavy (non-hydrogen) atoms. The Balaban J connectivity index is 1.76. The second kappa shape index (κ2) is 10.3. The van der Waals surface area contributed by atoms with E-state index in [4.69, 9.17) is 9.47 Å². The van der Waals surface area contributed by atoms with E-state index >= 15 is 0 Å². The molecule has 1 unspecified atom stereocenters. The largest absolute Gasteiger partial charge is 0.507 e. The number of ether oxygens (including phenoxy) is 2. The van der Waals surface area contributed by atoms with Gasteiger partial charge in [-0.25, -0.2) is 0 Å². The van der Waals surface area contributed by atoms with E-state index in [1.54, 1.807) is 43.5 Å². The molecule has 0 radical (unpaired) electrons. The van der Waals surface area contributed by atoms with Crippen molar-refractivity contribution < 1.29 is 24.2 Å². The molecule has 4 aromatic rings. The highest BCUT2D eigenvalue weighted by molar-refractivity contribution is 6.51. The molecule has 0 bridgehead atoms. The number of Topliss-reactive ketones (excluding diaryl/α,β-unsaturated/α-hetero) is 1. The number of aromatic nitrogens is 1. The van der Waals surface area contributed by atoms with Crippen LogP contribution >= 0.6 is 0 Å². The molecule has 0 saturated carbocycles. The number of hydrogen-bond donors (Lipinski definition) is 1. The first kappa shape index (κ1) is 26.1. The highest BCUT2D eigenvalue weighted by Gasteiger charge is 2.48. The van der Waals surface area contributed by atoms with Crippen molar-refractivity contribution in [2.75, 3.05) is 18.6 Å². The average molecular weight is 525 g/mol. The third kappa shape index (κ3) is 4.44. The SMILES string of the molecule is CCOc1ccc(/C(O)=C2\C(=O)C(=O)N(c3ccc(OC)cc3)C2c2cn(C)c3ccccc23)cc1C(C)C. The smallest absolute Gasteiger partial charge is 0.300 e. The van der Waals surface area contributed by atoms with Crippen molar-refractivity contribution in [2.45, 2.75) is 32.7 Å². The standard InChI is InChI=1S/C32H32N2O5/c1-6-39-27-16-11-20(17-24(27)19(2)3)30(35)28-29(25-18-33(4)26-10-8-7-9-23(25)26)34(32(37)31(28)36)21-12-14-22(38-5)15-13-21/h7-19,29,35H,6H2,1-5H3/b30-28+. The average Bonchev–Trinajstić information content (AvgIpc) is 3.41. The molecule has 3 aromatic carbocycles. The molecule has 1 aromatic heterocycles. The Kier molecular flexibility index (Phi) is 6.91. The predicted octanol–water partition coefficient (Wildman–Crippen LogP) is 6.34. The van der Waals surface area contributed by atoms with E-state index in [-0.39, 0.29) is 17.3 Å². The number of ketones is 1. The van der Waals surface area contributed by atoms with Gasteiger partial charge in [-0.3, -0.25) is 14.5 Å². The summed E-state index contributed by atoms with van der Waals surface area (Å²) in [6, 6.07) is 19.3. The fourth-order valence-electron chi connectivity index (χ4n) is 5.32. The Bertz CT molecular complexity index is 1600. The van der Waals surface area contributed by atoms with Gasteiger partial charge in [0.25, 0.3) is 11.7 Å². The minimum Gasteiger partial charge on any atom is -0.507 e. The van der Waals surface area contributed by atoms with Gasteiger partial charge in [-0.15, -0.1) is 0 Å². The molecular weight excluding hydrogens is 492 g/mol. The summed E-state index contributed by atoms with van der Waals surface area (Å²) in [5.41, 5.74) is 3.65. The number of hydrogen-bond acceptors (Lipinski definition) is 5. The summed E-state index contributed by atoms with van der Waals surface area (Å²) < 4.78 is 13.1. The highest BCUT2D eigenvalue weighted by Crippen LogP contribution is 2.45. The molecule has 2 heterocycles. The lowest BCUT2D eigenvalue weighted by atomic mass is 9.93. The van der Waals surface area contributed by atoms with E-state index in [0.29, 0.717) is 23.6 Å². The molecular formula is C32H32N2O5. The number of methoxy groups -OCH3 is 1. The third-order valence-corrected chi connectivity index (χ3v) is 7.22. The first-order valence-corrected chi connectivity index (χ1v) is 13.0. The fraction of sp³-hybridized carbons (Fsp3) is 0.250. The molecule has 1 saturated heterocycles. The normalized spacial score (nSPS) is 16.9. The zero-order valence-electron chi connectivity index (χ0n) is 22.8. The van der Waals surface area contributed by atoms with Crippen molar-refractivity contribution in [3.63, 3.8) is 0 Å². The number of aryl methyl sites for hydroxylation is 1. The maximum atomic E-state index is 13.7. The zero-order chi connectivity index (χ0) is 27.8. The van der Waals surface area contributed by atoms with Crippen LogP contribution in [0.25, 0.3) is 16.7 Å². The van der Waals surface area contributed by atoms with Crippen molar-refractivity contribution in [3.05, 3.63) is 95.2 Å². The molecule has 5 rings (SSSR count). The van der Waals surface area contributed by atoms with Crippen molar-refractivity contribution >= 4 is 34.0 Å². The van der Waals surface area contributed by atoms with Crippen LogP contribution in [0.1, 0.15) is 49.4 Å². The molecule has 7 heteroatoms. The Hall–Kier alpha value is -4.52. The first-order chi connectivity index (χ1) is 18.8. The molecule has 0 aliphatic carbocycles. The van der Waals surface area contributed by atoms with Crippen LogP contribution in [0.2, 0.25) is 0 Å². The van der Waals surface area contributed by atoms with Gasteiger partial charge in [0.05, 0.1) is 25.3 Å². The Morgan fingerprint density at radius 1 is 1.03 bits per heavy atom. The summed E-state index contributed by atoms with van der Waals surface area (Å²) in [6.45, 7) is 6.52. The molecule has 1 atom stereocenters. The highest BCUT2D eigenvalue weighted by atomic mass is 16.5. The number of anilines is 1. The number of para-hydroxylation sites is 1. The second-order valence-corrected chi connectivity index (χ2v) is 9.92. The van der Waals surface area contributed by atoms with Gasteiger partial charge in [-0.2, -0.15) is 0 Å². The monoisotopic (exact) mass is 524 g/mol. The van der Waals surface area contributed by atoms with Crippen molar-refractivity contribution in [2.24, 2.45) is 7.05 Å². The van der Waals surface area contributed by atoms with Crippen LogP contribution in [0.15, 0.2) is 78.5 Å². The van der Waals surface area contributed by atoms with E-state index < -0.39 is 17.7 Å². The lowest BCUT2D eigenvalue weighted by Crippen LogP contribution is -2.29. The van der Waals surface area contributed by atoms with Gasteiger partial charge in [0.2, 0.25) is 0 Å².